The molecule has 4 aromatic rings. The third kappa shape index (κ3) is 4.51. The summed E-state index contributed by atoms with van der Waals surface area (Å²) in [6.45, 7) is 0.492. The van der Waals surface area contributed by atoms with Crippen LogP contribution < -0.4 is 15.4 Å². The summed E-state index contributed by atoms with van der Waals surface area (Å²) in [6, 6.07) is 21.4. The molecule has 0 fully saturated rings. The molecule has 0 saturated carbocycles. The molecule has 2 amide bonds. The van der Waals surface area contributed by atoms with Crippen LogP contribution in [0.4, 0.5) is 16.2 Å². The first-order valence-corrected chi connectivity index (χ1v) is 9.65. The Morgan fingerprint density at radius 3 is 2.45 bits per heavy atom. The second kappa shape index (κ2) is 8.62. The lowest BCUT2D eigenvalue weighted by atomic mass is 10.1. The number of aromatic nitrogens is 1. The Bertz CT molecular complexity index is 1250. The van der Waals surface area contributed by atoms with Gasteiger partial charge in [0.15, 0.2) is 0 Å². The molecule has 1 heterocycles. The molecule has 0 atom stereocenters. The standard InChI is InChI=1S/C24H21N3O4/c1-31-22-13-17(23(28)29)7-8-18(22)15-27-12-11-16-9-10-20(14-21(16)27)26-24(30)25-19-5-3-2-4-6-19/h2-14H,15H2,1H3,(H,28,29)(H2,25,26,30). The molecular formula is C24H21N3O4. The fraction of sp³-hybridized carbons (Fsp3) is 0.0833. The lowest BCUT2D eigenvalue weighted by Gasteiger charge is -2.12. The van der Waals surface area contributed by atoms with Crippen LogP contribution in [-0.4, -0.2) is 28.8 Å². The minimum atomic E-state index is -0.999. The molecule has 7 heteroatoms. The van der Waals surface area contributed by atoms with E-state index in [2.05, 4.69) is 10.6 Å². The fourth-order valence-corrected chi connectivity index (χ4v) is 3.41. The zero-order valence-corrected chi connectivity index (χ0v) is 16.8. The van der Waals surface area contributed by atoms with Crippen molar-refractivity contribution in [1.29, 1.82) is 0 Å². The Balaban J connectivity index is 1.56. The second-order valence-corrected chi connectivity index (χ2v) is 6.99. The fourth-order valence-electron chi connectivity index (χ4n) is 3.41. The lowest BCUT2D eigenvalue weighted by molar-refractivity contribution is 0.0696. The molecule has 7 nitrogen and oxygen atoms in total. The molecule has 31 heavy (non-hydrogen) atoms. The van der Waals surface area contributed by atoms with Crippen LogP contribution in [0.15, 0.2) is 79.0 Å². The second-order valence-electron chi connectivity index (χ2n) is 6.99. The van der Waals surface area contributed by atoms with Crippen molar-refractivity contribution in [2.75, 3.05) is 17.7 Å². The zero-order valence-electron chi connectivity index (χ0n) is 16.8. The number of methoxy groups -OCH3 is 1. The van der Waals surface area contributed by atoms with Crippen molar-refractivity contribution in [2.24, 2.45) is 0 Å². The number of amides is 2. The van der Waals surface area contributed by atoms with Gasteiger partial charge in [0, 0.05) is 23.1 Å². The number of ether oxygens (including phenoxy) is 1. The summed E-state index contributed by atoms with van der Waals surface area (Å²) < 4.78 is 7.41. The van der Waals surface area contributed by atoms with Gasteiger partial charge in [-0.25, -0.2) is 9.59 Å². The van der Waals surface area contributed by atoms with E-state index in [1.807, 2.05) is 65.4 Å². The number of fused-ring (bicyclic) bond motifs is 1. The van der Waals surface area contributed by atoms with E-state index in [0.717, 1.165) is 16.5 Å². The number of rotatable bonds is 6. The van der Waals surface area contributed by atoms with Gasteiger partial charge in [-0.3, -0.25) is 0 Å². The average molecular weight is 415 g/mol. The molecule has 0 aliphatic rings. The quantitative estimate of drug-likeness (QED) is 0.411. The summed E-state index contributed by atoms with van der Waals surface area (Å²) in [7, 11) is 1.52. The Morgan fingerprint density at radius 2 is 1.71 bits per heavy atom. The van der Waals surface area contributed by atoms with E-state index in [1.54, 1.807) is 12.1 Å². The third-order valence-electron chi connectivity index (χ3n) is 4.94. The topological polar surface area (TPSA) is 92.6 Å². The van der Waals surface area contributed by atoms with Crippen molar-refractivity contribution >= 4 is 34.3 Å². The predicted octanol–water partition coefficient (Wildman–Crippen LogP) is 5.04. The van der Waals surface area contributed by atoms with E-state index >= 15 is 0 Å². The molecule has 3 N–H and O–H groups in total. The number of urea groups is 1. The third-order valence-corrected chi connectivity index (χ3v) is 4.94. The average Bonchev–Trinajstić information content (AvgIpc) is 3.16. The summed E-state index contributed by atoms with van der Waals surface area (Å²) in [5.41, 5.74) is 3.33. The number of nitrogens with one attached hydrogen (secondary N) is 2. The smallest absolute Gasteiger partial charge is 0.335 e. The van der Waals surface area contributed by atoms with Crippen molar-refractivity contribution in [1.82, 2.24) is 4.57 Å². The highest BCUT2D eigenvalue weighted by molar-refractivity contribution is 6.01. The minimum absolute atomic E-state index is 0.175. The molecule has 0 bridgehead atoms. The molecule has 4 rings (SSSR count). The van der Waals surface area contributed by atoms with Gasteiger partial charge >= 0.3 is 12.0 Å². The van der Waals surface area contributed by atoms with Crippen molar-refractivity contribution < 1.29 is 19.4 Å². The summed E-state index contributed by atoms with van der Waals surface area (Å²) in [4.78, 5) is 23.5. The highest BCUT2D eigenvalue weighted by Crippen LogP contribution is 2.26. The van der Waals surface area contributed by atoms with Crippen LogP contribution in [0.2, 0.25) is 0 Å². The Hall–Kier alpha value is -4.26. The predicted molar refractivity (Wildman–Crippen MR) is 120 cm³/mol. The maximum Gasteiger partial charge on any atom is 0.335 e. The first-order chi connectivity index (χ1) is 15.0. The van der Waals surface area contributed by atoms with Gasteiger partial charge in [-0.05, 0) is 47.9 Å². The molecular weight excluding hydrogens is 394 g/mol. The van der Waals surface area contributed by atoms with Gasteiger partial charge in [0.2, 0.25) is 0 Å². The number of para-hydroxylation sites is 1. The van der Waals surface area contributed by atoms with E-state index in [4.69, 9.17) is 4.74 Å². The first-order valence-electron chi connectivity index (χ1n) is 9.65. The van der Waals surface area contributed by atoms with Crippen molar-refractivity contribution in [2.45, 2.75) is 6.54 Å². The van der Waals surface area contributed by atoms with Crippen LogP contribution in [0, 0.1) is 0 Å². The van der Waals surface area contributed by atoms with Crippen LogP contribution in [-0.2, 0) is 6.54 Å². The number of anilines is 2. The Kier molecular flexibility index (Phi) is 5.57. The number of carboxylic acids is 1. The Morgan fingerprint density at radius 1 is 0.935 bits per heavy atom. The van der Waals surface area contributed by atoms with E-state index in [0.29, 0.717) is 23.7 Å². The molecule has 3 aromatic carbocycles. The van der Waals surface area contributed by atoms with Gasteiger partial charge in [-0.1, -0.05) is 30.3 Å². The van der Waals surface area contributed by atoms with E-state index < -0.39 is 5.97 Å². The van der Waals surface area contributed by atoms with Crippen LogP contribution in [0.1, 0.15) is 15.9 Å². The zero-order chi connectivity index (χ0) is 21.8. The first kappa shape index (κ1) is 20.0. The number of carbonyl (C=O) groups is 2. The largest absolute Gasteiger partial charge is 0.496 e. The molecule has 156 valence electrons. The van der Waals surface area contributed by atoms with E-state index in [9.17, 15) is 14.7 Å². The molecule has 0 spiro atoms. The van der Waals surface area contributed by atoms with Crippen molar-refractivity contribution in [3.05, 3.63) is 90.1 Å². The Labute approximate surface area is 178 Å². The van der Waals surface area contributed by atoms with E-state index in [-0.39, 0.29) is 11.6 Å². The monoisotopic (exact) mass is 415 g/mol. The van der Waals surface area contributed by atoms with Gasteiger partial charge in [0.1, 0.15) is 5.75 Å². The molecule has 0 aliphatic carbocycles. The number of carbonyl (C=O) groups excluding carboxylic acids is 1. The number of nitrogens with zero attached hydrogens (tertiary/aromatic N) is 1. The van der Waals surface area contributed by atoms with Crippen molar-refractivity contribution in [3.8, 4) is 5.75 Å². The maximum absolute atomic E-state index is 12.3. The van der Waals surface area contributed by atoms with Gasteiger partial charge < -0.3 is 25.0 Å². The van der Waals surface area contributed by atoms with Gasteiger partial charge in [0.05, 0.1) is 24.7 Å². The number of aromatic carboxylic acids is 1. The molecule has 0 aliphatic heterocycles. The highest BCUT2D eigenvalue weighted by atomic mass is 16.5. The van der Waals surface area contributed by atoms with Crippen LogP contribution in [0.5, 0.6) is 5.75 Å². The number of hydrogen-bond donors (Lipinski definition) is 3. The molecule has 0 saturated heterocycles. The SMILES string of the molecule is COc1cc(C(=O)O)ccc1Cn1ccc2ccc(NC(=O)Nc3ccccc3)cc21. The molecule has 0 unspecified atom stereocenters. The lowest BCUT2D eigenvalue weighted by Crippen LogP contribution is -2.19. The van der Waals surface area contributed by atoms with Gasteiger partial charge in [-0.15, -0.1) is 0 Å². The van der Waals surface area contributed by atoms with Gasteiger partial charge in [0.25, 0.3) is 0 Å². The van der Waals surface area contributed by atoms with Crippen LogP contribution >= 0.6 is 0 Å². The normalized spacial score (nSPS) is 10.6. The minimum Gasteiger partial charge on any atom is -0.496 e. The van der Waals surface area contributed by atoms with Crippen molar-refractivity contribution in [3.63, 3.8) is 0 Å². The van der Waals surface area contributed by atoms with Gasteiger partial charge in [-0.2, -0.15) is 0 Å². The summed E-state index contributed by atoms with van der Waals surface area (Å²) in [5, 5.41) is 15.9. The molecule has 1 aromatic heterocycles. The number of carboxylic acid groups (broad SMARTS) is 1. The number of benzene rings is 3. The summed E-state index contributed by atoms with van der Waals surface area (Å²) in [6.07, 6.45) is 1.95. The maximum atomic E-state index is 12.3. The summed E-state index contributed by atoms with van der Waals surface area (Å²) in [5.74, 6) is -0.487. The molecule has 0 radical (unpaired) electrons. The van der Waals surface area contributed by atoms with E-state index in [1.165, 1.54) is 13.2 Å². The number of hydrogen-bond acceptors (Lipinski definition) is 3. The highest BCUT2D eigenvalue weighted by Gasteiger charge is 2.11. The van der Waals surface area contributed by atoms with Crippen LogP contribution in [0.25, 0.3) is 10.9 Å². The summed E-state index contributed by atoms with van der Waals surface area (Å²) >= 11 is 0. The van der Waals surface area contributed by atoms with Crippen LogP contribution in [0.3, 0.4) is 0 Å².